The molecule has 1 N–H and O–H groups in total. The van der Waals surface area contributed by atoms with E-state index >= 15 is 0 Å². The van der Waals surface area contributed by atoms with Gasteiger partial charge in [-0.1, -0.05) is 0 Å². The van der Waals surface area contributed by atoms with Crippen LogP contribution in [-0.2, 0) is 11.3 Å². The van der Waals surface area contributed by atoms with Crippen LogP contribution in [0.15, 0.2) is 0 Å². The van der Waals surface area contributed by atoms with Crippen LogP contribution in [0.25, 0.3) is 0 Å². The van der Waals surface area contributed by atoms with Gasteiger partial charge in [0.1, 0.15) is 11.6 Å². The van der Waals surface area contributed by atoms with Gasteiger partial charge in [-0.25, -0.2) is 9.67 Å². The minimum Gasteiger partial charge on any atom is -0.390 e. The maximum absolute atomic E-state index is 10.4. The highest BCUT2D eigenvalue weighted by Gasteiger charge is 2.24. The van der Waals surface area contributed by atoms with Crippen molar-refractivity contribution in [2.45, 2.75) is 39.3 Å². The van der Waals surface area contributed by atoms with E-state index in [1.165, 1.54) is 12.8 Å². The molecule has 7 nitrogen and oxygen atoms in total. The van der Waals surface area contributed by atoms with E-state index in [1.807, 2.05) is 18.5 Å². The molecule has 2 aliphatic rings. The van der Waals surface area contributed by atoms with Crippen LogP contribution >= 0.6 is 0 Å². The van der Waals surface area contributed by atoms with Gasteiger partial charge < -0.3 is 14.7 Å². The highest BCUT2D eigenvalue weighted by atomic mass is 16.5. The van der Waals surface area contributed by atoms with E-state index in [4.69, 9.17) is 4.74 Å². The summed E-state index contributed by atoms with van der Waals surface area (Å²) in [6, 6.07) is 0. The zero-order valence-corrected chi connectivity index (χ0v) is 15.0. The number of rotatable bonds is 6. The number of hydrogen-bond donors (Lipinski definition) is 1. The van der Waals surface area contributed by atoms with Gasteiger partial charge in [0.25, 0.3) is 0 Å². The summed E-state index contributed by atoms with van der Waals surface area (Å²) in [6.07, 6.45) is 2.15. The Balaban J connectivity index is 1.45. The number of β-amino-alcohol motifs (C(OH)–C–C–N with tert-alkyl or cyclic N) is 1. The highest BCUT2D eigenvalue weighted by Crippen LogP contribution is 2.19. The van der Waals surface area contributed by atoms with E-state index in [0.29, 0.717) is 5.92 Å². The van der Waals surface area contributed by atoms with Gasteiger partial charge in [0.2, 0.25) is 0 Å². The largest absolute Gasteiger partial charge is 0.390 e. The third kappa shape index (κ3) is 4.99. The number of likely N-dealkylation sites (tertiary alicyclic amines) is 1. The highest BCUT2D eigenvalue weighted by molar-refractivity contribution is 4.88. The van der Waals surface area contributed by atoms with Crippen molar-refractivity contribution in [3.63, 3.8) is 0 Å². The Hall–Kier alpha value is -1.02. The first-order valence-electron chi connectivity index (χ1n) is 9.18. The van der Waals surface area contributed by atoms with Crippen LogP contribution in [0.2, 0.25) is 0 Å². The second kappa shape index (κ2) is 8.38. The summed E-state index contributed by atoms with van der Waals surface area (Å²) < 4.78 is 7.40. The Kier molecular flexibility index (Phi) is 6.21. The maximum atomic E-state index is 10.4. The Morgan fingerprint density at radius 2 is 1.92 bits per heavy atom. The SMILES string of the molecule is Cc1nc(C)n(CC2CCCN(CC(O)CN3CCOCC3)C2)n1. The van der Waals surface area contributed by atoms with Gasteiger partial charge in [-0.05, 0) is 39.2 Å². The molecule has 0 aliphatic carbocycles. The molecule has 0 radical (unpaired) electrons. The molecule has 0 saturated carbocycles. The van der Waals surface area contributed by atoms with E-state index in [-0.39, 0.29) is 6.10 Å². The lowest BCUT2D eigenvalue weighted by atomic mass is 9.97. The summed E-state index contributed by atoms with van der Waals surface area (Å²) in [5.74, 6) is 2.44. The number of morpholine rings is 1. The van der Waals surface area contributed by atoms with Gasteiger partial charge in [0.15, 0.2) is 0 Å². The third-order valence-electron chi connectivity index (χ3n) is 5.04. The van der Waals surface area contributed by atoms with Crippen molar-refractivity contribution in [2.24, 2.45) is 5.92 Å². The van der Waals surface area contributed by atoms with Crippen molar-refractivity contribution < 1.29 is 9.84 Å². The first kappa shape index (κ1) is 17.8. The van der Waals surface area contributed by atoms with Crippen molar-refractivity contribution in [1.82, 2.24) is 24.6 Å². The van der Waals surface area contributed by atoms with E-state index < -0.39 is 0 Å². The molecular weight excluding hydrogens is 306 g/mol. The molecule has 0 amide bonds. The molecule has 24 heavy (non-hydrogen) atoms. The lowest BCUT2D eigenvalue weighted by Crippen LogP contribution is -2.47. The second-order valence-electron chi connectivity index (χ2n) is 7.22. The molecule has 0 bridgehead atoms. The van der Waals surface area contributed by atoms with Crippen LogP contribution in [0.1, 0.15) is 24.5 Å². The van der Waals surface area contributed by atoms with E-state index in [1.54, 1.807) is 0 Å². The quantitative estimate of drug-likeness (QED) is 0.805. The van der Waals surface area contributed by atoms with Gasteiger partial charge in [0, 0.05) is 39.3 Å². The molecule has 0 aromatic carbocycles. The van der Waals surface area contributed by atoms with E-state index in [9.17, 15) is 5.11 Å². The fourth-order valence-electron chi connectivity index (χ4n) is 3.88. The number of aliphatic hydroxyl groups is 1. The molecule has 2 unspecified atom stereocenters. The van der Waals surface area contributed by atoms with Gasteiger partial charge >= 0.3 is 0 Å². The number of aromatic nitrogens is 3. The number of nitrogens with zero attached hydrogens (tertiary/aromatic N) is 5. The molecule has 7 heteroatoms. The Bertz CT molecular complexity index is 515. The molecule has 2 saturated heterocycles. The smallest absolute Gasteiger partial charge is 0.147 e. The average molecular weight is 337 g/mol. The molecule has 2 aliphatic heterocycles. The zero-order chi connectivity index (χ0) is 16.9. The van der Waals surface area contributed by atoms with Crippen molar-refractivity contribution >= 4 is 0 Å². The normalized spacial score (nSPS) is 25.0. The maximum Gasteiger partial charge on any atom is 0.147 e. The van der Waals surface area contributed by atoms with Gasteiger partial charge in [-0.3, -0.25) is 4.90 Å². The van der Waals surface area contributed by atoms with Gasteiger partial charge in [-0.15, -0.1) is 0 Å². The van der Waals surface area contributed by atoms with Crippen LogP contribution < -0.4 is 0 Å². The molecule has 136 valence electrons. The number of ether oxygens (including phenoxy) is 1. The summed E-state index contributed by atoms with van der Waals surface area (Å²) in [4.78, 5) is 9.11. The zero-order valence-electron chi connectivity index (χ0n) is 15.0. The van der Waals surface area contributed by atoms with Crippen molar-refractivity contribution in [1.29, 1.82) is 0 Å². The number of hydrogen-bond acceptors (Lipinski definition) is 6. The Morgan fingerprint density at radius 1 is 1.17 bits per heavy atom. The first-order valence-corrected chi connectivity index (χ1v) is 9.18. The monoisotopic (exact) mass is 337 g/mol. The molecule has 1 aromatic heterocycles. The number of piperidine rings is 1. The molecule has 3 rings (SSSR count). The summed E-state index contributed by atoms with van der Waals surface area (Å²) in [6.45, 7) is 12.0. The summed E-state index contributed by atoms with van der Waals surface area (Å²) in [5.41, 5.74) is 0. The summed E-state index contributed by atoms with van der Waals surface area (Å²) >= 11 is 0. The molecule has 2 fully saturated rings. The fourth-order valence-corrected chi connectivity index (χ4v) is 3.88. The first-order chi connectivity index (χ1) is 11.6. The lowest BCUT2D eigenvalue weighted by molar-refractivity contribution is 0.00290. The van der Waals surface area contributed by atoms with Crippen LogP contribution in [0.3, 0.4) is 0 Å². The summed E-state index contributed by atoms with van der Waals surface area (Å²) in [5, 5.41) is 14.9. The summed E-state index contributed by atoms with van der Waals surface area (Å²) in [7, 11) is 0. The fraction of sp³-hybridized carbons (Fsp3) is 0.882. The molecule has 3 heterocycles. The van der Waals surface area contributed by atoms with Gasteiger partial charge in [0.05, 0.1) is 19.3 Å². The molecule has 0 spiro atoms. The average Bonchev–Trinajstić information content (AvgIpc) is 2.86. The predicted octanol–water partition coefficient (Wildman–Crippen LogP) is 0.300. The van der Waals surface area contributed by atoms with Crippen molar-refractivity contribution in [3.8, 4) is 0 Å². The second-order valence-corrected chi connectivity index (χ2v) is 7.22. The third-order valence-corrected chi connectivity index (χ3v) is 5.04. The molecule has 2 atom stereocenters. The van der Waals surface area contributed by atoms with Crippen LogP contribution in [-0.4, -0.2) is 88.3 Å². The Labute approximate surface area is 144 Å². The van der Waals surface area contributed by atoms with Gasteiger partial charge in [-0.2, -0.15) is 5.10 Å². The minimum atomic E-state index is -0.280. The van der Waals surface area contributed by atoms with Crippen LogP contribution in [0, 0.1) is 19.8 Å². The molecule has 1 aromatic rings. The van der Waals surface area contributed by atoms with Crippen molar-refractivity contribution in [2.75, 3.05) is 52.5 Å². The standard InChI is InChI=1S/C17H31N5O2/c1-14-18-15(2)22(19-14)11-16-4-3-5-21(10-16)13-17(23)12-20-6-8-24-9-7-20/h16-17,23H,3-13H2,1-2H3. The number of aliphatic hydroxyl groups excluding tert-OH is 1. The van der Waals surface area contributed by atoms with Crippen LogP contribution in [0.5, 0.6) is 0 Å². The van der Waals surface area contributed by atoms with E-state index in [0.717, 1.165) is 70.7 Å². The van der Waals surface area contributed by atoms with E-state index in [2.05, 4.69) is 19.9 Å². The number of aryl methyl sites for hydroxylation is 2. The molecular formula is C17H31N5O2. The predicted molar refractivity (Wildman–Crippen MR) is 91.9 cm³/mol. The topological polar surface area (TPSA) is 66.7 Å². The lowest BCUT2D eigenvalue weighted by Gasteiger charge is -2.35. The van der Waals surface area contributed by atoms with Crippen LogP contribution in [0.4, 0.5) is 0 Å². The minimum absolute atomic E-state index is 0.280. The van der Waals surface area contributed by atoms with Crippen molar-refractivity contribution in [3.05, 3.63) is 11.6 Å². The Morgan fingerprint density at radius 3 is 2.62 bits per heavy atom.